The van der Waals surface area contributed by atoms with Gasteiger partial charge in [-0.2, -0.15) is 0 Å². The van der Waals surface area contributed by atoms with Gasteiger partial charge in [0.2, 0.25) is 5.91 Å². The van der Waals surface area contributed by atoms with Crippen molar-refractivity contribution in [3.63, 3.8) is 0 Å². The van der Waals surface area contributed by atoms with Gasteiger partial charge in [-0.15, -0.1) is 0 Å². The van der Waals surface area contributed by atoms with Crippen LogP contribution in [-0.4, -0.2) is 34.0 Å². The van der Waals surface area contributed by atoms with Crippen LogP contribution in [0.3, 0.4) is 0 Å². The van der Waals surface area contributed by atoms with Gasteiger partial charge in [-0.05, 0) is 37.6 Å². The molecule has 0 aliphatic carbocycles. The van der Waals surface area contributed by atoms with Gasteiger partial charge in [0.1, 0.15) is 23.3 Å². The lowest BCUT2D eigenvalue weighted by Gasteiger charge is -2.19. The van der Waals surface area contributed by atoms with Crippen LogP contribution in [0.2, 0.25) is 0 Å². The fourth-order valence-corrected chi connectivity index (χ4v) is 3.16. The van der Waals surface area contributed by atoms with Crippen molar-refractivity contribution in [2.45, 2.75) is 32.0 Å². The van der Waals surface area contributed by atoms with Crippen molar-refractivity contribution in [1.29, 1.82) is 0 Å². The minimum absolute atomic E-state index is 0.0207. The van der Waals surface area contributed by atoms with Crippen LogP contribution in [0.15, 0.2) is 51.7 Å². The Morgan fingerprint density at radius 1 is 1.33 bits per heavy atom. The number of nitrogens with zero attached hydrogens (tertiary/aromatic N) is 3. The Morgan fingerprint density at radius 2 is 2.22 bits per heavy atom. The molecule has 0 saturated carbocycles. The van der Waals surface area contributed by atoms with Gasteiger partial charge in [-0.1, -0.05) is 5.16 Å². The molecule has 1 fully saturated rings. The van der Waals surface area contributed by atoms with E-state index in [1.54, 1.807) is 24.3 Å². The number of furan rings is 1. The molecule has 1 saturated heterocycles. The predicted octanol–water partition coefficient (Wildman–Crippen LogP) is 2.20. The Hall–Kier alpha value is -2.97. The lowest BCUT2D eigenvalue weighted by molar-refractivity contribution is -0.132. The van der Waals surface area contributed by atoms with Crippen molar-refractivity contribution >= 4 is 5.91 Å². The number of aryl methyl sites for hydroxylation is 1. The number of likely N-dealkylation sites (N-methyl/N-ethyl adjacent to an activating group) is 1. The van der Waals surface area contributed by atoms with Crippen molar-refractivity contribution < 1.29 is 13.7 Å². The zero-order valence-electron chi connectivity index (χ0n) is 15.2. The minimum atomic E-state index is -0.328. The molecule has 1 aliphatic rings. The van der Waals surface area contributed by atoms with Crippen LogP contribution in [-0.2, 0) is 11.3 Å². The fraction of sp³-hybridized carbons (Fsp3) is 0.316. The summed E-state index contributed by atoms with van der Waals surface area (Å²) in [5.41, 5.74) is 7.76. The number of hydrogen-bond donors (Lipinski definition) is 2. The maximum Gasteiger partial charge on any atom is 0.241 e. The summed E-state index contributed by atoms with van der Waals surface area (Å²) in [5.74, 6) is 2.28. The van der Waals surface area contributed by atoms with Crippen molar-refractivity contribution in [2.24, 2.45) is 0 Å². The van der Waals surface area contributed by atoms with Gasteiger partial charge >= 0.3 is 0 Å². The highest BCUT2D eigenvalue weighted by molar-refractivity contribution is 5.82. The zero-order chi connectivity index (χ0) is 18.8. The van der Waals surface area contributed by atoms with Gasteiger partial charge in [0, 0.05) is 31.1 Å². The second-order valence-electron chi connectivity index (χ2n) is 6.69. The number of amides is 1. The van der Waals surface area contributed by atoms with Gasteiger partial charge in [0.15, 0.2) is 5.76 Å². The molecule has 2 atom stereocenters. The number of hydrazine groups is 1. The van der Waals surface area contributed by atoms with E-state index < -0.39 is 0 Å². The normalized spacial score (nSPS) is 19.3. The summed E-state index contributed by atoms with van der Waals surface area (Å²) in [6.07, 6.45) is 4.05. The van der Waals surface area contributed by atoms with Crippen LogP contribution in [0, 0.1) is 6.92 Å². The first-order valence-electron chi connectivity index (χ1n) is 8.78. The maximum absolute atomic E-state index is 12.7. The molecular weight excluding hydrogens is 346 g/mol. The smallest absolute Gasteiger partial charge is 0.241 e. The molecule has 8 heteroatoms. The van der Waals surface area contributed by atoms with E-state index in [2.05, 4.69) is 21.0 Å². The number of carbonyl (C=O) groups is 1. The molecule has 3 aromatic heterocycles. The van der Waals surface area contributed by atoms with Crippen molar-refractivity contribution in [3.8, 4) is 11.3 Å². The molecule has 2 N–H and O–H groups in total. The average Bonchev–Trinajstić information content (AvgIpc) is 3.42. The first-order chi connectivity index (χ1) is 13.1. The highest BCUT2D eigenvalue weighted by Crippen LogP contribution is 2.25. The molecule has 1 aliphatic heterocycles. The Morgan fingerprint density at radius 3 is 2.96 bits per heavy atom. The maximum atomic E-state index is 12.7. The lowest BCUT2D eigenvalue weighted by Crippen LogP contribution is -2.43. The molecule has 0 bridgehead atoms. The first-order valence-corrected chi connectivity index (χ1v) is 8.78. The molecular formula is C19H21N5O3. The van der Waals surface area contributed by atoms with Gasteiger partial charge in [-0.3, -0.25) is 9.78 Å². The van der Waals surface area contributed by atoms with E-state index >= 15 is 0 Å². The molecule has 4 rings (SSSR count). The summed E-state index contributed by atoms with van der Waals surface area (Å²) < 4.78 is 11.0. The van der Waals surface area contributed by atoms with Gasteiger partial charge in [0.25, 0.3) is 0 Å². The van der Waals surface area contributed by atoms with E-state index in [1.807, 2.05) is 37.3 Å². The van der Waals surface area contributed by atoms with Crippen LogP contribution in [0.4, 0.5) is 0 Å². The van der Waals surface area contributed by atoms with Gasteiger partial charge < -0.3 is 13.8 Å². The van der Waals surface area contributed by atoms with Gasteiger partial charge in [-0.25, -0.2) is 10.9 Å². The molecule has 2 unspecified atom stereocenters. The summed E-state index contributed by atoms with van der Waals surface area (Å²) >= 11 is 0. The average molecular weight is 367 g/mol. The molecule has 8 nitrogen and oxygen atoms in total. The zero-order valence-corrected chi connectivity index (χ0v) is 15.2. The van der Waals surface area contributed by atoms with E-state index in [9.17, 15) is 4.79 Å². The second-order valence-corrected chi connectivity index (χ2v) is 6.69. The molecule has 4 heterocycles. The Labute approximate surface area is 156 Å². The summed E-state index contributed by atoms with van der Waals surface area (Å²) in [6.45, 7) is 2.24. The van der Waals surface area contributed by atoms with Crippen LogP contribution < -0.4 is 10.9 Å². The number of aromatic nitrogens is 2. The highest BCUT2D eigenvalue weighted by atomic mass is 16.5. The molecule has 0 spiro atoms. The van der Waals surface area contributed by atoms with Crippen molar-refractivity contribution in [3.05, 3.63) is 60.0 Å². The van der Waals surface area contributed by atoms with E-state index in [0.717, 1.165) is 17.1 Å². The summed E-state index contributed by atoms with van der Waals surface area (Å²) in [7, 11) is 1.75. The summed E-state index contributed by atoms with van der Waals surface area (Å²) in [5, 5.41) is 4.06. The fourth-order valence-electron chi connectivity index (χ4n) is 3.16. The van der Waals surface area contributed by atoms with E-state index in [4.69, 9.17) is 8.94 Å². The van der Waals surface area contributed by atoms with Gasteiger partial charge in [0.05, 0.1) is 12.6 Å². The second kappa shape index (κ2) is 7.34. The quantitative estimate of drug-likeness (QED) is 0.713. The van der Waals surface area contributed by atoms with Crippen LogP contribution in [0.25, 0.3) is 11.3 Å². The molecule has 1 amide bonds. The third-order valence-corrected chi connectivity index (χ3v) is 4.59. The number of nitrogens with one attached hydrogen (secondary N) is 2. The number of pyridine rings is 1. The predicted molar refractivity (Wildman–Crippen MR) is 97.1 cm³/mol. The van der Waals surface area contributed by atoms with Crippen LogP contribution in [0.5, 0.6) is 0 Å². The largest absolute Gasteiger partial charge is 0.465 e. The minimum Gasteiger partial charge on any atom is -0.465 e. The lowest BCUT2D eigenvalue weighted by atomic mass is 10.1. The number of hydrogen-bond acceptors (Lipinski definition) is 7. The van der Waals surface area contributed by atoms with Crippen molar-refractivity contribution in [1.82, 2.24) is 25.9 Å². The first kappa shape index (κ1) is 17.4. The summed E-state index contributed by atoms with van der Waals surface area (Å²) in [6, 6.07) is 9.08. The Balaban J connectivity index is 1.37. The van der Waals surface area contributed by atoms with E-state index in [1.165, 1.54) is 0 Å². The van der Waals surface area contributed by atoms with E-state index in [0.29, 0.717) is 24.4 Å². The third kappa shape index (κ3) is 3.76. The third-order valence-electron chi connectivity index (χ3n) is 4.59. The SMILES string of the molecule is Cc1ccc(C2CC(C(=O)N(C)Cc3cc(-c4cccnc4)no3)NN2)o1. The van der Waals surface area contributed by atoms with E-state index in [-0.39, 0.29) is 18.0 Å². The molecule has 0 radical (unpaired) electrons. The molecule has 27 heavy (non-hydrogen) atoms. The van der Waals surface area contributed by atoms with Crippen molar-refractivity contribution in [2.75, 3.05) is 7.05 Å². The topological polar surface area (TPSA) is 96.4 Å². The Kier molecular flexibility index (Phi) is 4.74. The highest BCUT2D eigenvalue weighted by Gasteiger charge is 2.33. The molecule has 140 valence electrons. The van der Waals surface area contributed by atoms with Crippen LogP contribution in [0.1, 0.15) is 29.7 Å². The standard InChI is InChI=1S/C19H21N5O3/c1-12-5-6-18(26-12)16-9-17(22-21-16)19(25)24(2)11-14-8-15(23-27-14)13-4-3-7-20-10-13/h3-8,10,16-17,21-22H,9,11H2,1-2H3. The Bertz CT molecular complexity index is 920. The summed E-state index contributed by atoms with van der Waals surface area (Å²) in [4.78, 5) is 18.4. The van der Waals surface area contributed by atoms with Crippen LogP contribution >= 0.6 is 0 Å². The monoisotopic (exact) mass is 367 g/mol. The number of carbonyl (C=O) groups excluding carboxylic acids is 1. The molecule has 3 aromatic rings. The molecule has 0 aromatic carbocycles. The number of rotatable bonds is 5.